The third-order valence-corrected chi connectivity index (χ3v) is 3.16. The Bertz CT molecular complexity index is 694. The Balaban J connectivity index is 2.62. The number of fused-ring (bicyclic) bond motifs is 1. The molecule has 0 amide bonds. The van der Waals surface area contributed by atoms with Crippen LogP contribution in [-0.4, -0.2) is 17.1 Å². The number of pyridine rings is 1. The lowest BCUT2D eigenvalue weighted by Crippen LogP contribution is -2.25. The normalized spacial score (nSPS) is 10.7. The van der Waals surface area contributed by atoms with Crippen LogP contribution < -0.4 is 5.56 Å². The van der Waals surface area contributed by atoms with Crippen molar-refractivity contribution >= 4 is 40.1 Å². The number of carbonyl (C=O) groups is 1. The van der Waals surface area contributed by atoms with E-state index >= 15 is 0 Å². The first-order chi connectivity index (χ1) is 9.02. The number of benzene rings is 1. The van der Waals surface area contributed by atoms with E-state index in [1.54, 1.807) is 25.1 Å². The molecule has 0 N–H and O–H groups in total. The van der Waals surface area contributed by atoms with Gasteiger partial charge in [0.15, 0.2) is 0 Å². The molecule has 1 aromatic heterocycles. The second-order valence-corrected chi connectivity index (χ2v) is 4.73. The Morgan fingerprint density at radius 2 is 2.05 bits per heavy atom. The third-order valence-electron chi connectivity index (χ3n) is 2.62. The predicted molar refractivity (Wildman–Crippen MR) is 74.9 cm³/mol. The maximum atomic E-state index is 11.9. The Labute approximate surface area is 119 Å². The van der Waals surface area contributed by atoms with E-state index in [1.165, 1.54) is 10.6 Å². The molecule has 0 radical (unpaired) electrons. The Morgan fingerprint density at radius 1 is 1.32 bits per heavy atom. The molecule has 100 valence electrons. The lowest BCUT2D eigenvalue weighted by molar-refractivity contribution is -0.143. The maximum absolute atomic E-state index is 11.9. The molecule has 0 spiro atoms. The molecule has 6 heteroatoms. The Hall–Kier alpha value is -1.52. The van der Waals surface area contributed by atoms with Crippen molar-refractivity contribution in [3.63, 3.8) is 0 Å². The summed E-state index contributed by atoms with van der Waals surface area (Å²) in [5.74, 6) is -0.479. The van der Waals surface area contributed by atoms with Crippen LogP contribution in [0.4, 0.5) is 0 Å². The van der Waals surface area contributed by atoms with E-state index < -0.39 is 5.97 Å². The van der Waals surface area contributed by atoms with Crippen LogP contribution in [0.3, 0.4) is 0 Å². The van der Waals surface area contributed by atoms with E-state index in [0.717, 1.165) is 0 Å². The average molecular weight is 300 g/mol. The van der Waals surface area contributed by atoms with Crippen molar-refractivity contribution in [2.45, 2.75) is 13.5 Å². The second kappa shape index (κ2) is 5.63. The molecule has 1 aromatic carbocycles. The molecular formula is C13H11Cl2NO3. The minimum Gasteiger partial charge on any atom is -0.465 e. The van der Waals surface area contributed by atoms with Crippen LogP contribution in [0.1, 0.15) is 6.92 Å². The SMILES string of the molecule is CCOC(=O)Cn1c(=O)cc(Cl)c2ccc(Cl)cc21. The number of hydrogen-bond acceptors (Lipinski definition) is 3. The number of hydrogen-bond donors (Lipinski definition) is 0. The molecule has 0 atom stereocenters. The zero-order chi connectivity index (χ0) is 14.0. The van der Waals surface area contributed by atoms with Crippen molar-refractivity contribution in [3.05, 3.63) is 44.7 Å². The quantitative estimate of drug-likeness (QED) is 0.819. The minimum absolute atomic E-state index is 0.166. The molecule has 0 aliphatic heterocycles. The zero-order valence-corrected chi connectivity index (χ0v) is 11.7. The van der Waals surface area contributed by atoms with Crippen molar-refractivity contribution < 1.29 is 9.53 Å². The molecule has 2 aromatic rings. The van der Waals surface area contributed by atoms with E-state index in [4.69, 9.17) is 27.9 Å². The highest BCUT2D eigenvalue weighted by atomic mass is 35.5. The van der Waals surface area contributed by atoms with Gasteiger partial charge < -0.3 is 4.74 Å². The van der Waals surface area contributed by atoms with Crippen LogP contribution in [0.15, 0.2) is 29.1 Å². The molecule has 2 rings (SSSR count). The van der Waals surface area contributed by atoms with Crippen LogP contribution in [0.2, 0.25) is 10.0 Å². The number of carbonyl (C=O) groups excluding carboxylic acids is 1. The van der Waals surface area contributed by atoms with Gasteiger partial charge in [-0.15, -0.1) is 0 Å². The smallest absolute Gasteiger partial charge is 0.326 e. The summed E-state index contributed by atoms with van der Waals surface area (Å²) in [5.41, 5.74) is 0.144. The van der Waals surface area contributed by atoms with Gasteiger partial charge in [0, 0.05) is 16.5 Å². The predicted octanol–water partition coefficient (Wildman–Crippen LogP) is 2.87. The van der Waals surface area contributed by atoms with Crippen LogP contribution in [0.25, 0.3) is 10.9 Å². The summed E-state index contributed by atoms with van der Waals surface area (Å²) in [6.07, 6.45) is 0. The lowest BCUT2D eigenvalue weighted by atomic mass is 10.2. The first-order valence-electron chi connectivity index (χ1n) is 5.67. The van der Waals surface area contributed by atoms with E-state index in [1.807, 2.05) is 0 Å². The second-order valence-electron chi connectivity index (χ2n) is 3.88. The monoisotopic (exact) mass is 299 g/mol. The fraction of sp³-hybridized carbons (Fsp3) is 0.231. The summed E-state index contributed by atoms with van der Waals surface area (Å²) in [6, 6.07) is 6.26. The molecule has 0 unspecified atom stereocenters. The van der Waals surface area contributed by atoms with Gasteiger partial charge in [0.2, 0.25) is 0 Å². The molecule has 0 aliphatic carbocycles. The van der Waals surface area contributed by atoms with Crippen molar-refractivity contribution in [2.24, 2.45) is 0 Å². The van der Waals surface area contributed by atoms with Gasteiger partial charge in [-0.2, -0.15) is 0 Å². The Kier molecular flexibility index (Phi) is 4.12. The van der Waals surface area contributed by atoms with Crippen LogP contribution in [0, 0.1) is 0 Å². The van der Waals surface area contributed by atoms with Gasteiger partial charge in [0.1, 0.15) is 6.54 Å². The topological polar surface area (TPSA) is 48.3 Å². The molecule has 0 fully saturated rings. The van der Waals surface area contributed by atoms with E-state index in [9.17, 15) is 9.59 Å². The van der Waals surface area contributed by atoms with Crippen LogP contribution in [0.5, 0.6) is 0 Å². The molecule has 4 nitrogen and oxygen atoms in total. The van der Waals surface area contributed by atoms with Gasteiger partial charge >= 0.3 is 5.97 Å². The molecule has 0 saturated carbocycles. The number of ether oxygens (including phenoxy) is 1. The van der Waals surface area contributed by atoms with Crippen molar-refractivity contribution in [2.75, 3.05) is 6.61 Å². The highest BCUT2D eigenvalue weighted by Crippen LogP contribution is 2.24. The first kappa shape index (κ1) is 13.9. The van der Waals surface area contributed by atoms with Gasteiger partial charge in [-0.3, -0.25) is 14.2 Å². The fourth-order valence-electron chi connectivity index (χ4n) is 1.81. The summed E-state index contributed by atoms with van der Waals surface area (Å²) in [5, 5.41) is 1.46. The highest BCUT2D eigenvalue weighted by Gasteiger charge is 2.11. The molecule has 19 heavy (non-hydrogen) atoms. The molecule has 0 saturated heterocycles. The number of nitrogens with zero attached hydrogens (tertiary/aromatic N) is 1. The largest absolute Gasteiger partial charge is 0.465 e. The minimum atomic E-state index is -0.479. The van der Waals surface area contributed by atoms with Gasteiger partial charge in [0.25, 0.3) is 5.56 Å². The van der Waals surface area contributed by atoms with Gasteiger partial charge in [-0.05, 0) is 25.1 Å². The summed E-state index contributed by atoms with van der Waals surface area (Å²) < 4.78 is 6.14. The van der Waals surface area contributed by atoms with E-state index in [2.05, 4.69) is 0 Å². The van der Waals surface area contributed by atoms with Gasteiger partial charge in [0.05, 0.1) is 17.1 Å². The van der Waals surface area contributed by atoms with Gasteiger partial charge in [-0.1, -0.05) is 23.2 Å². The fourth-order valence-corrected chi connectivity index (χ4v) is 2.23. The summed E-state index contributed by atoms with van der Waals surface area (Å²) in [6.45, 7) is 1.80. The van der Waals surface area contributed by atoms with E-state index in [0.29, 0.717) is 20.9 Å². The summed E-state index contributed by atoms with van der Waals surface area (Å²) >= 11 is 11.9. The number of esters is 1. The Morgan fingerprint density at radius 3 is 2.74 bits per heavy atom. The van der Waals surface area contributed by atoms with Crippen LogP contribution in [-0.2, 0) is 16.1 Å². The summed E-state index contributed by atoms with van der Waals surface area (Å²) in [7, 11) is 0. The van der Waals surface area contributed by atoms with Crippen LogP contribution >= 0.6 is 23.2 Å². The first-order valence-corrected chi connectivity index (χ1v) is 6.42. The molecule has 0 aliphatic rings. The third kappa shape index (κ3) is 2.91. The number of rotatable bonds is 3. The summed E-state index contributed by atoms with van der Waals surface area (Å²) in [4.78, 5) is 23.5. The molecule has 1 heterocycles. The lowest BCUT2D eigenvalue weighted by Gasteiger charge is -2.11. The standard InChI is InChI=1S/C13H11Cl2NO3/c1-2-19-13(18)7-16-11-5-8(14)3-4-9(11)10(15)6-12(16)17/h3-6H,2,7H2,1H3. The van der Waals surface area contributed by atoms with E-state index in [-0.39, 0.29) is 18.7 Å². The number of aromatic nitrogens is 1. The molecule has 0 bridgehead atoms. The number of halogens is 2. The van der Waals surface area contributed by atoms with Crippen molar-refractivity contribution in [3.8, 4) is 0 Å². The van der Waals surface area contributed by atoms with Crippen molar-refractivity contribution in [1.82, 2.24) is 4.57 Å². The maximum Gasteiger partial charge on any atom is 0.326 e. The van der Waals surface area contributed by atoms with Crippen molar-refractivity contribution in [1.29, 1.82) is 0 Å². The van der Waals surface area contributed by atoms with Gasteiger partial charge in [-0.25, -0.2) is 0 Å². The average Bonchev–Trinajstić information content (AvgIpc) is 2.34. The zero-order valence-electron chi connectivity index (χ0n) is 10.2. The highest BCUT2D eigenvalue weighted by molar-refractivity contribution is 6.36. The molecular weight excluding hydrogens is 289 g/mol.